The molecule has 2 aliphatic carbocycles. The summed E-state index contributed by atoms with van der Waals surface area (Å²) in [5.74, 6) is 1.02. The number of amides is 4. The number of fused-ring (bicyclic) bond motifs is 6. The number of nitrogens with zero attached hydrogens (tertiary/aromatic N) is 4. The fraction of sp³-hybridized carbons (Fsp3) is 0.345. The molecule has 0 radical (unpaired) electrons. The van der Waals surface area contributed by atoms with E-state index in [9.17, 15) is 19.2 Å². The van der Waals surface area contributed by atoms with Gasteiger partial charge in [0.25, 0.3) is 0 Å². The number of hydrogen-bond acceptors (Lipinski definition) is 8. The first-order valence-corrected chi connectivity index (χ1v) is 23.5. The van der Waals surface area contributed by atoms with E-state index in [-0.39, 0.29) is 48.7 Å². The van der Waals surface area contributed by atoms with Crippen molar-refractivity contribution in [3.05, 3.63) is 132 Å². The van der Waals surface area contributed by atoms with Gasteiger partial charge in [0.05, 0.1) is 61.2 Å². The van der Waals surface area contributed by atoms with Crippen LogP contribution in [0.5, 0.6) is 0 Å². The van der Waals surface area contributed by atoms with E-state index in [0.29, 0.717) is 29.5 Å². The lowest BCUT2D eigenvalue weighted by Crippen LogP contribution is -2.55. The molecule has 2 aliphatic rings. The molecule has 5 aromatic carbocycles. The van der Waals surface area contributed by atoms with Crippen LogP contribution in [0, 0.1) is 17.3 Å². The molecule has 9 rings (SSSR count). The average molecular weight is 929 g/mol. The Morgan fingerprint density at radius 3 is 1.83 bits per heavy atom. The molecule has 0 aliphatic heterocycles. The van der Waals surface area contributed by atoms with E-state index >= 15 is 0 Å². The molecule has 7 aromatic rings. The topological polar surface area (TPSA) is 175 Å². The number of benzene rings is 5. The molecule has 4 N–H and O–H groups in total. The van der Waals surface area contributed by atoms with Crippen molar-refractivity contribution >= 4 is 67.4 Å². The summed E-state index contributed by atoms with van der Waals surface area (Å²) in [5.41, 5.74) is 7.80. The Kier molecular flexibility index (Phi) is 12.5. The number of aromatic amines is 2. The Labute approximate surface area is 401 Å². The molecule has 0 bridgehead atoms. The zero-order valence-electron chi connectivity index (χ0n) is 40.5. The van der Waals surface area contributed by atoms with Crippen LogP contribution in [-0.2, 0) is 36.9 Å². The number of hydrogen-bond donors (Lipinski definition) is 4. The number of imidazole rings is 2. The van der Waals surface area contributed by atoms with E-state index in [1.54, 1.807) is 16.9 Å². The number of alkyl carbamates (subject to hydrolysis) is 1. The van der Waals surface area contributed by atoms with Gasteiger partial charge in [-0.05, 0) is 95.0 Å². The summed E-state index contributed by atoms with van der Waals surface area (Å²) in [4.78, 5) is 74.9. The second kappa shape index (κ2) is 18.5. The maximum atomic E-state index is 14.6. The highest BCUT2D eigenvalue weighted by Gasteiger charge is 2.44. The number of rotatable bonds is 16. The van der Waals surface area contributed by atoms with Crippen LogP contribution in [0.1, 0.15) is 77.6 Å². The molecule has 0 unspecified atom stereocenters. The molecule has 1 fully saturated rings. The van der Waals surface area contributed by atoms with Crippen molar-refractivity contribution in [1.82, 2.24) is 40.4 Å². The van der Waals surface area contributed by atoms with E-state index in [1.165, 1.54) is 7.11 Å². The minimum absolute atomic E-state index is 0.0634. The van der Waals surface area contributed by atoms with Gasteiger partial charge in [-0.3, -0.25) is 14.4 Å². The summed E-state index contributed by atoms with van der Waals surface area (Å²) in [7, 11) is 2.87. The molecular weight excluding hydrogens is 869 g/mol. The number of ether oxygens (including phenoxy) is 2. The smallest absolute Gasteiger partial charge is 0.407 e. The second-order valence-electron chi connectivity index (χ2n) is 19.7. The molecule has 14 heteroatoms. The van der Waals surface area contributed by atoms with Crippen molar-refractivity contribution in [2.75, 3.05) is 20.8 Å². The molecule has 0 saturated heterocycles. The van der Waals surface area contributed by atoms with Gasteiger partial charge >= 0.3 is 6.09 Å². The molecule has 1 saturated carbocycles. The Morgan fingerprint density at radius 1 is 0.754 bits per heavy atom. The van der Waals surface area contributed by atoms with Crippen molar-refractivity contribution in [1.29, 1.82) is 0 Å². The molecule has 356 valence electrons. The number of carbonyl (C=O) groups excluding carboxylic acids is 4. The fourth-order valence-electron chi connectivity index (χ4n) is 9.35. The molecular formula is C55H60N8O6. The number of nitrogens with one attached hydrogen (secondary N) is 4. The lowest BCUT2D eigenvalue weighted by Gasteiger charge is -2.35. The van der Waals surface area contributed by atoms with Crippen LogP contribution >= 0.6 is 0 Å². The zero-order chi connectivity index (χ0) is 48.9. The minimum Gasteiger partial charge on any atom is -0.501 e. The molecule has 69 heavy (non-hydrogen) atoms. The zero-order valence-corrected chi connectivity index (χ0v) is 40.5. The van der Waals surface area contributed by atoms with Crippen molar-refractivity contribution < 1.29 is 28.7 Å². The molecule has 2 aromatic heterocycles. The van der Waals surface area contributed by atoms with Crippen molar-refractivity contribution in [3.8, 4) is 11.1 Å². The summed E-state index contributed by atoms with van der Waals surface area (Å²) in [6.07, 6.45) is 0.999. The normalized spacial score (nSPS) is 15.2. The lowest BCUT2D eigenvalue weighted by molar-refractivity contribution is -0.138. The Balaban J connectivity index is 0.975. The van der Waals surface area contributed by atoms with Gasteiger partial charge in [-0.15, -0.1) is 0 Å². The van der Waals surface area contributed by atoms with Crippen LogP contribution in [-0.4, -0.2) is 86.4 Å². The van der Waals surface area contributed by atoms with Crippen LogP contribution in [0.2, 0.25) is 0 Å². The summed E-state index contributed by atoms with van der Waals surface area (Å²) in [6.45, 7) is 16.6. The van der Waals surface area contributed by atoms with Crippen molar-refractivity contribution in [3.63, 3.8) is 0 Å². The van der Waals surface area contributed by atoms with Crippen LogP contribution < -0.4 is 10.6 Å². The maximum Gasteiger partial charge on any atom is 0.407 e. The van der Waals surface area contributed by atoms with Gasteiger partial charge in [-0.2, -0.15) is 0 Å². The van der Waals surface area contributed by atoms with Crippen LogP contribution in [0.25, 0.3) is 54.7 Å². The van der Waals surface area contributed by atoms with E-state index in [1.807, 2.05) is 84.0 Å². The molecule has 3 atom stereocenters. The highest BCUT2D eigenvalue weighted by atomic mass is 16.5. The Morgan fingerprint density at radius 2 is 1.32 bits per heavy atom. The summed E-state index contributed by atoms with van der Waals surface area (Å²) < 4.78 is 10.4. The van der Waals surface area contributed by atoms with E-state index in [2.05, 4.69) is 75.7 Å². The molecule has 4 amide bonds. The first kappa shape index (κ1) is 46.6. The van der Waals surface area contributed by atoms with E-state index < -0.39 is 23.6 Å². The third-order valence-corrected chi connectivity index (χ3v) is 13.8. The molecule has 0 spiro atoms. The number of methoxy groups -OCH3 is 2. The molecule has 14 nitrogen and oxygen atoms in total. The van der Waals surface area contributed by atoms with Crippen molar-refractivity contribution in [2.24, 2.45) is 17.3 Å². The summed E-state index contributed by atoms with van der Waals surface area (Å²) in [5, 5.41) is 9.81. The third kappa shape index (κ3) is 9.52. The van der Waals surface area contributed by atoms with Crippen molar-refractivity contribution in [2.45, 2.75) is 85.6 Å². The predicted octanol–water partition coefficient (Wildman–Crippen LogP) is 9.62. The van der Waals surface area contributed by atoms with E-state index in [0.717, 1.165) is 78.7 Å². The largest absolute Gasteiger partial charge is 0.501 e. The minimum atomic E-state index is -0.860. The van der Waals surface area contributed by atoms with Crippen LogP contribution in [0.4, 0.5) is 4.79 Å². The first-order chi connectivity index (χ1) is 33.0. The quantitative estimate of drug-likeness (QED) is 0.0548. The summed E-state index contributed by atoms with van der Waals surface area (Å²) in [6, 6.07) is 28.5. The monoisotopic (exact) mass is 928 g/mol. The van der Waals surface area contributed by atoms with Gasteiger partial charge in [-0.25, -0.2) is 14.8 Å². The number of carbonyl (C=O) groups is 4. The SMILES string of the molecule is C=C(OC)[C@@H](C)CN(Cc1nc2c(ccc3cc(-c4ccc5c(ccc6[nH]c(CN(C(=O)[C@@H](NC(=O)OC)C(C)(C)C)C7C(C)=C7C)nc65)c4)ccc32)[nH]1)C(=O)[C@H](NC(=O)C1CC1)c1ccccc1. The standard InChI is InChI=1S/C55H60N8O6/c1-30(33(4)68-8)27-62(52(65)46(34-13-11-10-12-14-34)60-51(64)35-15-16-35)28-44-56-42-23-19-38-25-36(17-21-40(38)47(42)58-44)37-18-22-41-39(26-37)20-24-43-48(41)59-45(57-43)29-63(49-31(2)32(49)3)53(66)50(55(5,6)7)61-54(67)69-9/h10-14,17-26,30,35,46,49-50H,4,15-16,27-29H2,1-3,5-9H3,(H,56,58)(H,57,59)(H,60,64)(H,61,67)/t30-,46+,50+/m0/s1. The number of H-pyrrole nitrogens is 2. The molecule has 2 heterocycles. The van der Waals surface area contributed by atoms with Gasteiger partial charge in [-0.1, -0.05) is 101 Å². The highest BCUT2D eigenvalue weighted by molar-refractivity contribution is 6.07. The van der Waals surface area contributed by atoms with Gasteiger partial charge in [0.2, 0.25) is 17.7 Å². The lowest BCUT2D eigenvalue weighted by atomic mass is 9.85. The van der Waals surface area contributed by atoms with Gasteiger partial charge in [0, 0.05) is 29.2 Å². The van der Waals surface area contributed by atoms with Gasteiger partial charge < -0.3 is 39.9 Å². The average Bonchev–Trinajstić information content (AvgIpc) is 4.19. The third-order valence-electron chi connectivity index (χ3n) is 13.8. The Bertz CT molecular complexity index is 3180. The maximum absolute atomic E-state index is 14.6. The predicted molar refractivity (Wildman–Crippen MR) is 268 cm³/mol. The number of aromatic nitrogens is 4. The van der Waals surface area contributed by atoms with E-state index in [4.69, 9.17) is 19.4 Å². The van der Waals surface area contributed by atoms with Crippen LogP contribution in [0.3, 0.4) is 0 Å². The van der Waals surface area contributed by atoms with Gasteiger partial charge in [0.15, 0.2) is 0 Å². The first-order valence-electron chi connectivity index (χ1n) is 23.5. The van der Waals surface area contributed by atoms with Crippen LogP contribution in [0.15, 0.2) is 114 Å². The fourth-order valence-corrected chi connectivity index (χ4v) is 9.35. The Hall–Kier alpha value is -7.48. The highest BCUT2D eigenvalue weighted by Crippen LogP contribution is 2.39. The second-order valence-corrected chi connectivity index (χ2v) is 19.7. The van der Waals surface area contributed by atoms with Gasteiger partial charge in [0.1, 0.15) is 23.7 Å². The summed E-state index contributed by atoms with van der Waals surface area (Å²) >= 11 is 0.